The van der Waals surface area contributed by atoms with Crippen molar-refractivity contribution in [2.45, 2.75) is 118 Å². The van der Waals surface area contributed by atoms with Gasteiger partial charge in [0.25, 0.3) is 0 Å². The van der Waals surface area contributed by atoms with Crippen LogP contribution >= 0.6 is 0 Å². The third-order valence-corrected chi connectivity index (χ3v) is 10.9. The van der Waals surface area contributed by atoms with Crippen molar-refractivity contribution in [3.05, 3.63) is 119 Å². The lowest BCUT2D eigenvalue weighted by atomic mass is 10.0. The Morgan fingerprint density at radius 1 is 0.500 bits per heavy atom. The van der Waals surface area contributed by atoms with Crippen molar-refractivity contribution >= 4 is 21.0 Å². The summed E-state index contributed by atoms with van der Waals surface area (Å²) in [7, 11) is -4.35. The Kier molecular flexibility index (Phi) is 15.2. The lowest BCUT2D eigenvalue weighted by Crippen LogP contribution is -2.04. The van der Waals surface area contributed by atoms with Gasteiger partial charge in [-0.15, -0.1) is 0 Å². The van der Waals surface area contributed by atoms with Crippen molar-refractivity contribution in [3.63, 3.8) is 0 Å². The predicted octanol–water partition coefficient (Wildman–Crippen LogP) is 10.8. The highest BCUT2D eigenvalue weighted by Crippen LogP contribution is 2.31. The Morgan fingerprint density at radius 2 is 0.841 bits per heavy atom. The second-order valence-corrected chi connectivity index (χ2v) is 15.2. The van der Waals surface area contributed by atoms with Gasteiger partial charge in [0.05, 0.1) is 15.8 Å². The SMILES string of the molecule is CCCCCCCCCCCCc1ccc(S(=O)(=O)[O-])cc1.Cc1ccc([S+](c2ccc(C)cc2)c2ccc(C)cc2)cc1. The maximum Gasteiger partial charge on any atom is 0.166 e. The minimum absolute atomic E-state index is 0.0394. The first-order valence-corrected chi connectivity index (χ1v) is 18.8. The van der Waals surface area contributed by atoms with Gasteiger partial charge < -0.3 is 4.55 Å². The van der Waals surface area contributed by atoms with Crippen LogP contribution in [0.25, 0.3) is 0 Å². The molecule has 0 bridgehead atoms. The van der Waals surface area contributed by atoms with E-state index in [9.17, 15) is 13.0 Å². The van der Waals surface area contributed by atoms with Gasteiger partial charge in [0.1, 0.15) is 10.1 Å². The van der Waals surface area contributed by atoms with Gasteiger partial charge in [0.2, 0.25) is 0 Å². The lowest BCUT2D eigenvalue weighted by molar-refractivity contribution is 0.463. The first-order chi connectivity index (χ1) is 21.2. The summed E-state index contributed by atoms with van der Waals surface area (Å²) >= 11 is 0. The van der Waals surface area contributed by atoms with Gasteiger partial charge in [-0.3, -0.25) is 0 Å². The quantitative estimate of drug-likeness (QED) is 0.0746. The molecule has 0 unspecified atom stereocenters. The number of hydrogen-bond donors (Lipinski definition) is 0. The normalized spacial score (nSPS) is 11.3. The van der Waals surface area contributed by atoms with Gasteiger partial charge in [0.15, 0.2) is 14.7 Å². The lowest BCUT2D eigenvalue weighted by Gasteiger charge is -2.09. The minimum atomic E-state index is -4.31. The van der Waals surface area contributed by atoms with Crippen LogP contribution in [0.2, 0.25) is 0 Å². The molecular weight excluding hydrogens is 581 g/mol. The van der Waals surface area contributed by atoms with Gasteiger partial charge in [-0.1, -0.05) is 130 Å². The molecule has 0 aliphatic carbocycles. The molecule has 0 aliphatic heterocycles. The van der Waals surface area contributed by atoms with E-state index >= 15 is 0 Å². The fraction of sp³-hybridized carbons (Fsp3) is 0.385. The molecular formula is C39H50O3S2. The van der Waals surface area contributed by atoms with E-state index in [4.69, 9.17) is 0 Å². The average Bonchev–Trinajstić information content (AvgIpc) is 3.01. The van der Waals surface area contributed by atoms with Crippen molar-refractivity contribution in [2.24, 2.45) is 0 Å². The summed E-state index contributed by atoms with van der Waals surface area (Å²) < 4.78 is 32.5. The predicted molar refractivity (Wildman–Crippen MR) is 186 cm³/mol. The topological polar surface area (TPSA) is 57.2 Å². The van der Waals surface area contributed by atoms with Crippen LogP contribution in [-0.4, -0.2) is 13.0 Å². The zero-order valence-electron chi connectivity index (χ0n) is 27.1. The first kappa shape index (κ1) is 35.6. The van der Waals surface area contributed by atoms with Gasteiger partial charge >= 0.3 is 0 Å². The number of unbranched alkanes of at least 4 members (excludes halogenated alkanes) is 9. The fourth-order valence-corrected chi connectivity index (χ4v) is 7.58. The highest BCUT2D eigenvalue weighted by molar-refractivity contribution is 7.97. The van der Waals surface area contributed by atoms with E-state index in [0.717, 1.165) is 18.4 Å². The molecule has 0 fully saturated rings. The van der Waals surface area contributed by atoms with Gasteiger partial charge in [0, 0.05) is 0 Å². The molecule has 0 aliphatic rings. The zero-order chi connectivity index (χ0) is 31.8. The largest absolute Gasteiger partial charge is 0.744 e. The highest BCUT2D eigenvalue weighted by atomic mass is 32.2. The van der Waals surface area contributed by atoms with E-state index in [0.29, 0.717) is 0 Å². The molecule has 4 rings (SSSR count). The maximum absolute atomic E-state index is 10.8. The Morgan fingerprint density at radius 3 is 1.18 bits per heavy atom. The van der Waals surface area contributed by atoms with Crippen molar-refractivity contribution in [1.29, 1.82) is 0 Å². The second kappa shape index (κ2) is 18.8. The molecule has 0 atom stereocenters. The zero-order valence-corrected chi connectivity index (χ0v) is 28.7. The smallest absolute Gasteiger partial charge is 0.166 e. The summed E-state index contributed by atoms with van der Waals surface area (Å²) in [6.07, 6.45) is 14.0. The maximum atomic E-state index is 10.8. The first-order valence-electron chi connectivity index (χ1n) is 16.2. The van der Waals surface area contributed by atoms with Gasteiger partial charge in [-0.05, 0) is 87.7 Å². The molecule has 4 aromatic rings. The second-order valence-electron chi connectivity index (χ2n) is 11.8. The Hall–Kier alpha value is -2.86. The minimum Gasteiger partial charge on any atom is -0.744 e. The molecule has 236 valence electrons. The van der Waals surface area contributed by atoms with Crippen molar-refractivity contribution in [2.75, 3.05) is 0 Å². The third kappa shape index (κ3) is 12.6. The summed E-state index contributed by atoms with van der Waals surface area (Å²) in [5.74, 6) is 0. The standard InChI is InChI=1S/C21H21S.C18H30O3S/c1-16-4-10-19(11-5-16)22(20-12-6-17(2)7-13-20)21-14-8-18(3)9-15-21;1-2-3-4-5-6-7-8-9-10-11-12-17-13-15-18(16-14-17)22(19,20)21/h4-15H,1-3H3;13-16H,2-12H2,1H3,(H,19,20,21)/q+1;/p-1. The Labute approximate surface area is 270 Å². The van der Waals surface area contributed by atoms with E-state index in [2.05, 4.69) is 100 Å². The van der Waals surface area contributed by atoms with E-state index < -0.39 is 10.1 Å². The van der Waals surface area contributed by atoms with Crippen molar-refractivity contribution in [1.82, 2.24) is 0 Å². The molecule has 0 amide bonds. The molecule has 5 heteroatoms. The number of benzene rings is 4. The molecule has 0 saturated heterocycles. The van der Waals surface area contributed by atoms with Crippen LogP contribution in [0.1, 0.15) is 93.4 Å². The summed E-state index contributed by atoms with van der Waals surface area (Å²) in [5.41, 5.74) is 5.02. The van der Waals surface area contributed by atoms with E-state index in [-0.39, 0.29) is 15.8 Å². The fourth-order valence-electron chi connectivity index (χ4n) is 5.07. The molecule has 0 heterocycles. The van der Waals surface area contributed by atoms with Crippen LogP contribution in [0.3, 0.4) is 0 Å². The van der Waals surface area contributed by atoms with Crippen LogP contribution in [0.5, 0.6) is 0 Å². The summed E-state index contributed by atoms with van der Waals surface area (Å²) in [4.78, 5) is 3.98. The summed E-state index contributed by atoms with van der Waals surface area (Å²) in [6, 6.07) is 33.1. The van der Waals surface area contributed by atoms with E-state index in [1.807, 2.05) is 0 Å². The Bertz CT molecular complexity index is 1350. The van der Waals surface area contributed by atoms with Crippen LogP contribution in [0.15, 0.2) is 117 Å². The number of rotatable bonds is 15. The van der Waals surface area contributed by atoms with E-state index in [1.165, 1.54) is 101 Å². The Balaban J connectivity index is 0.000000240. The summed E-state index contributed by atoms with van der Waals surface area (Å²) in [5, 5.41) is 0. The number of hydrogen-bond acceptors (Lipinski definition) is 3. The van der Waals surface area contributed by atoms with Crippen molar-refractivity contribution in [3.8, 4) is 0 Å². The molecule has 3 nitrogen and oxygen atoms in total. The van der Waals surface area contributed by atoms with Crippen LogP contribution in [0.4, 0.5) is 0 Å². The molecule has 0 saturated carbocycles. The molecule has 0 N–H and O–H groups in total. The average molecular weight is 631 g/mol. The van der Waals surface area contributed by atoms with Crippen LogP contribution in [-0.2, 0) is 27.4 Å². The molecule has 4 aromatic carbocycles. The molecule has 0 spiro atoms. The van der Waals surface area contributed by atoms with Crippen LogP contribution in [0, 0.1) is 20.8 Å². The number of aryl methyl sites for hydroxylation is 4. The molecule has 0 aromatic heterocycles. The van der Waals surface area contributed by atoms with Crippen molar-refractivity contribution < 1.29 is 13.0 Å². The van der Waals surface area contributed by atoms with Gasteiger partial charge in [-0.2, -0.15) is 0 Å². The van der Waals surface area contributed by atoms with Gasteiger partial charge in [-0.25, -0.2) is 8.42 Å². The monoisotopic (exact) mass is 630 g/mol. The van der Waals surface area contributed by atoms with Crippen LogP contribution < -0.4 is 0 Å². The summed E-state index contributed by atoms with van der Waals surface area (Å²) in [6.45, 7) is 8.66. The highest BCUT2D eigenvalue weighted by Gasteiger charge is 2.28. The third-order valence-electron chi connectivity index (χ3n) is 7.80. The molecule has 44 heavy (non-hydrogen) atoms. The van der Waals surface area contributed by atoms with E-state index in [1.54, 1.807) is 12.1 Å². The molecule has 0 radical (unpaired) electrons.